The minimum Gasteiger partial charge on any atom is -0.459 e. The fraction of sp³-hybridized carbons (Fsp3) is 0.176. The molecule has 2 amide bonds. The van der Waals surface area contributed by atoms with Gasteiger partial charge in [0.05, 0.1) is 12.0 Å². The molecule has 0 aliphatic carbocycles. The van der Waals surface area contributed by atoms with Gasteiger partial charge in [0, 0.05) is 12.2 Å². The Balaban J connectivity index is 1.56. The van der Waals surface area contributed by atoms with Crippen LogP contribution in [0.1, 0.15) is 38.4 Å². The van der Waals surface area contributed by atoms with Gasteiger partial charge in [0.25, 0.3) is 11.8 Å². The predicted molar refractivity (Wildman–Crippen MR) is 93.6 cm³/mol. The summed E-state index contributed by atoms with van der Waals surface area (Å²) in [6, 6.07) is 10.5. The summed E-state index contributed by atoms with van der Waals surface area (Å²) in [6.45, 7) is 2.32. The molecule has 3 aromatic rings. The van der Waals surface area contributed by atoms with Gasteiger partial charge in [0.1, 0.15) is 4.88 Å². The molecule has 0 fully saturated rings. The highest BCUT2D eigenvalue weighted by atomic mass is 32.1. The van der Waals surface area contributed by atoms with Gasteiger partial charge in [-0.1, -0.05) is 23.5 Å². The average molecular weight is 356 g/mol. The molecule has 0 unspecified atom stereocenters. The second-order valence-corrected chi connectivity index (χ2v) is 5.97. The number of hydrogen-bond donors (Lipinski definition) is 2. The van der Waals surface area contributed by atoms with Gasteiger partial charge >= 0.3 is 0 Å². The summed E-state index contributed by atoms with van der Waals surface area (Å²) in [5.74, 6) is -0.237. The highest BCUT2D eigenvalue weighted by molar-refractivity contribution is 7.08. The first-order valence-corrected chi connectivity index (χ1v) is 8.48. The van der Waals surface area contributed by atoms with Crippen molar-refractivity contribution in [3.05, 3.63) is 64.6 Å². The number of carbonyl (C=O) groups excluding carboxylic acids is 2. The third-order valence-corrected chi connectivity index (χ3v) is 4.27. The van der Waals surface area contributed by atoms with Crippen molar-refractivity contribution in [1.29, 1.82) is 0 Å². The number of rotatable bonds is 6. The number of aryl methyl sites for hydroxylation is 1. The van der Waals surface area contributed by atoms with Crippen LogP contribution in [0.15, 0.2) is 47.1 Å². The van der Waals surface area contributed by atoms with E-state index in [1.54, 1.807) is 24.3 Å². The van der Waals surface area contributed by atoms with Crippen molar-refractivity contribution in [1.82, 2.24) is 14.9 Å². The molecular weight excluding hydrogens is 340 g/mol. The zero-order chi connectivity index (χ0) is 17.6. The molecule has 2 aromatic heterocycles. The van der Waals surface area contributed by atoms with Crippen LogP contribution in [-0.2, 0) is 13.0 Å². The normalized spacial score (nSPS) is 10.4. The Kier molecular flexibility index (Phi) is 5.20. The number of benzene rings is 1. The van der Waals surface area contributed by atoms with Crippen LogP contribution in [0.2, 0.25) is 0 Å². The van der Waals surface area contributed by atoms with Gasteiger partial charge in [-0.25, -0.2) is 0 Å². The van der Waals surface area contributed by atoms with Crippen molar-refractivity contribution in [2.75, 3.05) is 5.32 Å². The lowest BCUT2D eigenvalue weighted by Crippen LogP contribution is -2.22. The SMILES string of the molecule is CCc1nnsc1C(=O)NCc1ccc(NC(=O)c2ccco2)cc1. The Morgan fingerprint density at radius 1 is 1.16 bits per heavy atom. The summed E-state index contributed by atoms with van der Waals surface area (Å²) < 4.78 is 8.85. The molecule has 8 heteroatoms. The second-order valence-electron chi connectivity index (χ2n) is 5.21. The molecule has 2 N–H and O–H groups in total. The fourth-order valence-corrected chi connectivity index (χ4v) is 2.85. The van der Waals surface area contributed by atoms with E-state index in [0.717, 1.165) is 17.1 Å². The zero-order valence-corrected chi connectivity index (χ0v) is 14.3. The summed E-state index contributed by atoms with van der Waals surface area (Å²) in [6.07, 6.45) is 2.12. The second kappa shape index (κ2) is 7.71. The maximum absolute atomic E-state index is 12.2. The average Bonchev–Trinajstić information content (AvgIpc) is 3.32. The number of hydrogen-bond acceptors (Lipinski definition) is 6. The van der Waals surface area contributed by atoms with Crippen LogP contribution in [0.3, 0.4) is 0 Å². The lowest BCUT2D eigenvalue weighted by atomic mass is 10.2. The molecule has 0 saturated carbocycles. The molecule has 7 nitrogen and oxygen atoms in total. The number of aromatic nitrogens is 2. The van der Waals surface area contributed by atoms with Crippen molar-refractivity contribution in [3.63, 3.8) is 0 Å². The lowest BCUT2D eigenvalue weighted by Gasteiger charge is -2.07. The van der Waals surface area contributed by atoms with Crippen molar-refractivity contribution < 1.29 is 14.0 Å². The Morgan fingerprint density at radius 3 is 2.64 bits per heavy atom. The summed E-state index contributed by atoms with van der Waals surface area (Å²) in [5.41, 5.74) is 2.27. The number of nitrogens with zero attached hydrogens (tertiary/aromatic N) is 2. The van der Waals surface area contributed by atoms with Crippen LogP contribution >= 0.6 is 11.5 Å². The quantitative estimate of drug-likeness (QED) is 0.708. The number of furan rings is 1. The van der Waals surface area contributed by atoms with E-state index >= 15 is 0 Å². The highest BCUT2D eigenvalue weighted by Gasteiger charge is 2.14. The smallest absolute Gasteiger partial charge is 0.291 e. The van der Waals surface area contributed by atoms with Crippen LogP contribution in [0.25, 0.3) is 0 Å². The Hall–Kier alpha value is -3.00. The predicted octanol–water partition coefficient (Wildman–Crippen LogP) is 2.88. The molecule has 0 aliphatic heterocycles. The topological polar surface area (TPSA) is 97.1 Å². The lowest BCUT2D eigenvalue weighted by molar-refractivity contribution is 0.0952. The van der Waals surface area contributed by atoms with Gasteiger partial charge in [-0.2, -0.15) is 0 Å². The van der Waals surface area contributed by atoms with Gasteiger partial charge < -0.3 is 15.1 Å². The van der Waals surface area contributed by atoms with Gasteiger partial charge in [-0.3, -0.25) is 9.59 Å². The van der Waals surface area contributed by atoms with E-state index in [-0.39, 0.29) is 17.6 Å². The number of amides is 2. The van der Waals surface area contributed by atoms with Crippen molar-refractivity contribution >= 4 is 29.0 Å². The molecule has 0 spiro atoms. The first kappa shape index (κ1) is 16.8. The minimum atomic E-state index is -0.309. The largest absolute Gasteiger partial charge is 0.459 e. The first-order chi connectivity index (χ1) is 12.2. The Morgan fingerprint density at radius 2 is 1.96 bits per heavy atom. The summed E-state index contributed by atoms with van der Waals surface area (Å²) in [4.78, 5) is 24.6. The summed E-state index contributed by atoms with van der Waals surface area (Å²) in [5, 5.41) is 9.52. The van der Waals surface area contributed by atoms with Gasteiger partial charge in [-0.05, 0) is 47.8 Å². The molecule has 128 valence electrons. The molecule has 25 heavy (non-hydrogen) atoms. The van der Waals surface area contributed by atoms with Crippen molar-refractivity contribution in [2.24, 2.45) is 0 Å². The van der Waals surface area contributed by atoms with E-state index in [0.29, 0.717) is 29.2 Å². The molecular formula is C17H16N4O3S. The van der Waals surface area contributed by atoms with Crippen LogP contribution in [0.5, 0.6) is 0 Å². The summed E-state index contributed by atoms with van der Waals surface area (Å²) in [7, 11) is 0. The molecule has 2 heterocycles. The Labute approximate surface area is 148 Å². The van der Waals surface area contributed by atoms with E-state index < -0.39 is 0 Å². The molecule has 3 rings (SSSR count). The van der Waals surface area contributed by atoms with Crippen LogP contribution in [-0.4, -0.2) is 21.4 Å². The molecule has 0 radical (unpaired) electrons. The van der Waals surface area contributed by atoms with Crippen molar-refractivity contribution in [2.45, 2.75) is 19.9 Å². The number of carbonyl (C=O) groups is 2. The minimum absolute atomic E-state index is 0.179. The maximum Gasteiger partial charge on any atom is 0.291 e. The highest BCUT2D eigenvalue weighted by Crippen LogP contribution is 2.13. The van der Waals surface area contributed by atoms with E-state index in [4.69, 9.17) is 4.42 Å². The van der Waals surface area contributed by atoms with E-state index in [1.165, 1.54) is 6.26 Å². The van der Waals surface area contributed by atoms with Gasteiger partial charge in [0.2, 0.25) is 0 Å². The van der Waals surface area contributed by atoms with Crippen LogP contribution in [0, 0.1) is 0 Å². The maximum atomic E-state index is 12.2. The molecule has 0 aliphatic rings. The first-order valence-electron chi connectivity index (χ1n) is 7.70. The number of nitrogens with one attached hydrogen (secondary N) is 2. The van der Waals surface area contributed by atoms with Crippen LogP contribution in [0.4, 0.5) is 5.69 Å². The molecule has 0 atom stereocenters. The monoisotopic (exact) mass is 356 g/mol. The Bertz CT molecular complexity index is 856. The number of anilines is 1. The molecule has 0 bridgehead atoms. The zero-order valence-electron chi connectivity index (χ0n) is 13.5. The third kappa shape index (κ3) is 4.10. The fourth-order valence-electron chi connectivity index (χ4n) is 2.18. The van der Waals surface area contributed by atoms with E-state index in [1.807, 2.05) is 19.1 Å². The van der Waals surface area contributed by atoms with Crippen molar-refractivity contribution in [3.8, 4) is 0 Å². The van der Waals surface area contributed by atoms with E-state index in [9.17, 15) is 9.59 Å². The molecule has 1 aromatic carbocycles. The molecule has 0 saturated heterocycles. The van der Waals surface area contributed by atoms with Gasteiger partial charge in [0.15, 0.2) is 5.76 Å². The third-order valence-electron chi connectivity index (χ3n) is 3.51. The van der Waals surface area contributed by atoms with E-state index in [2.05, 4.69) is 20.2 Å². The standard InChI is InChI=1S/C17H16N4O3S/c1-2-13-15(25-21-20-13)17(23)18-10-11-5-7-12(8-6-11)19-16(22)14-4-3-9-24-14/h3-9H,2,10H2,1H3,(H,18,23)(H,19,22). The van der Waals surface area contributed by atoms with Gasteiger partial charge in [-0.15, -0.1) is 5.10 Å². The summed E-state index contributed by atoms with van der Waals surface area (Å²) >= 11 is 1.10. The van der Waals surface area contributed by atoms with Crippen LogP contribution < -0.4 is 10.6 Å².